The van der Waals surface area contributed by atoms with Crippen LogP contribution in [0.15, 0.2) is 24.3 Å². The molecule has 1 aromatic carbocycles. The van der Waals surface area contributed by atoms with Crippen molar-refractivity contribution in [3.63, 3.8) is 0 Å². The summed E-state index contributed by atoms with van der Waals surface area (Å²) < 4.78 is 0. The minimum atomic E-state index is -0.237. The molecule has 4 heteroatoms. The highest BCUT2D eigenvalue weighted by molar-refractivity contribution is 6.00. The van der Waals surface area contributed by atoms with E-state index in [0.29, 0.717) is 12.8 Å². The third-order valence-corrected chi connectivity index (χ3v) is 3.77. The predicted molar refractivity (Wildman–Crippen MR) is 66.8 cm³/mol. The number of fused-ring (bicyclic) bond motifs is 1. The fraction of sp³-hybridized carbons (Fsp3) is 0.429. The number of nitrogens with one attached hydrogen (secondary N) is 2. The molecule has 1 aliphatic carbocycles. The van der Waals surface area contributed by atoms with E-state index in [1.54, 1.807) is 0 Å². The topological polar surface area (TPSA) is 58.2 Å². The Labute approximate surface area is 106 Å². The zero-order valence-electron chi connectivity index (χ0n) is 10.1. The molecular weight excluding hydrogens is 228 g/mol. The van der Waals surface area contributed by atoms with Crippen LogP contribution in [0.25, 0.3) is 0 Å². The Hall–Kier alpha value is -1.68. The van der Waals surface area contributed by atoms with Crippen LogP contribution in [-0.4, -0.2) is 17.9 Å². The first-order valence-electron chi connectivity index (χ1n) is 6.41. The molecule has 94 valence electrons. The van der Waals surface area contributed by atoms with Gasteiger partial charge in [-0.1, -0.05) is 24.3 Å². The van der Waals surface area contributed by atoms with Gasteiger partial charge in [0.25, 0.3) is 0 Å². The minimum absolute atomic E-state index is 0.162. The lowest BCUT2D eigenvalue weighted by Gasteiger charge is -2.25. The van der Waals surface area contributed by atoms with Crippen molar-refractivity contribution >= 4 is 11.8 Å². The number of rotatable bonds is 2. The molecule has 3 rings (SSSR count). The SMILES string of the molecule is O=C1CCC(NC2CCc3ccccc32)C(=O)N1. The van der Waals surface area contributed by atoms with Crippen molar-refractivity contribution in [1.29, 1.82) is 0 Å². The van der Waals surface area contributed by atoms with Crippen molar-refractivity contribution in [2.24, 2.45) is 0 Å². The molecule has 0 bridgehead atoms. The molecule has 2 aliphatic rings. The summed E-state index contributed by atoms with van der Waals surface area (Å²) in [5.41, 5.74) is 2.66. The normalized spacial score (nSPS) is 26.9. The van der Waals surface area contributed by atoms with Gasteiger partial charge in [-0.3, -0.25) is 20.2 Å². The Bertz CT molecular complexity index is 498. The van der Waals surface area contributed by atoms with Crippen LogP contribution >= 0.6 is 0 Å². The van der Waals surface area contributed by atoms with E-state index in [4.69, 9.17) is 0 Å². The van der Waals surface area contributed by atoms with Crippen molar-refractivity contribution in [2.45, 2.75) is 37.8 Å². The highest BCUT2D eigenvalue weighted by Crippen LogP contribution is 2.31. The molecule has 18 heavy (non-hydrogen) atoms. The van der Waals surface area contributed by atoms with Gasteiger partial charge in [0.05, 0.1) is 6.04 Å². The van der Waals surface area contributed by atoms with Crippen LogP contribution in [0.3, 0.4) is 0 Å². The largest absolute Gasteiger partial charge is 0.299 e. The van der Waals surface area contributed by atoms with Crippen molar-refractivity contribution < 1.29 is 9.59 Å². The van der Waals surface area contributed by atoms with E-state index < -0.39 is 0 Å². The molecule has 4 nitrogen and oxygen atoms in total. The molecule has 0 aromatic heterocycles. The van der Waals surface area contributed by atoms with Crippen LogP contribution in [0, 0.1) is 0 Å². The lowest BCUT2D eigenvalue weighted by molar-refractivity contribution is -0.134. The maximum Gasteiger partial charge on any atom is 0.243 e. The Kier molecular flexibility index (Phi) is 2.88. The first kappa shape index (κ1) is 11.4. The molecule has 1 heterocycles. The summed E-state index contributed by atoms with van der Waals surface area (Å²) in [6.45, 7) is 0. The fourth-order valence-electron chi connectivity index (χ4n) is 2.83. The van der Waals surface area contributed by atoms with E-state index in [1.165, 1.54) is 11.1 Å². The lowest BCUT2D eigenvalue weighted by atomic mass is 10.0. The fourth-order valence-corrected chi connectivity index (χ4v) is 2.83. The average molecular weight is 244 g/mol. The molecule has 2 amide bonds. The zero-order chi connectivity index (χ0) is 12.5. The Morgan fingerprint density at radius 1 is 1.06 bits per heavy atom. The first-order chi connectivity index (χ1) is 8.74. The van der Waals surface area contributed by atoms with Crippen molar-refractivity contribution in [3.8, 4) is 0 Å². The highest BCUT2D eigenvalue weighted by atomic mass is 16.2. The van der Waals surface area contributed by atoms with Gasteiger partial charge in [0, 0.05) is 12.5 Å². The number of benzene rings is 1. The highest BCUT2D eigenvalue weighted by Gasteiger charge is 2.31. The number of carbonyl (C=O) groups is 2. The van der Waals surface area contributed by atoms with Gasteiger partial charge in [-0.15, -0.1) is 0 Å². The summed E-state index contributed by atoms with van der Waals surface area (Å²) in [7, 11) is 0. The molecule has 0 spiro atoms. The van der Waals surface area contributed by atoms with E-state index in [-0.39, 0.29) is 23.9 Å². The standard InChI is InChI=1S/C14H16N2O2/c17-13-8-7-12(14(18)16-13)15-11-6-5-9-3-1-2-4-10(9)11/h1-4,11-12,15H,5-8H2,(H,16,17,18). The van der Waals surface area contributed by atoms with Gasteiger partial charge in [-0.25, -0.2) is 0 Å². The van der Waals surface area contributed by atoms with Gasteiger partial charge in [0.1, 0.15) is 0 Å². The van der Waals surface area contributed by atoms with Crippen LogP contribution < -0.4 is 10.6 Å². The van der Waals surface area contributed by atoms with Crippen LogP contribution in [-0.2, 0) is 16.0 Å². The van der Waals surface area contributed by atoms with Crippen molar-refractivity contribution in [3.05, 3.63) is 35.4 Å². The molecule has 2 N–H and O–H groups in total. The van der Waals surface area contributed by atoms with Crippen molar-refractivity contribution in [2.75, 3.05) is 0 Å². The Morgan fingerprint density at radius 3 is 2.67 bits per heavy atom. The molecule has 1 aliphatic heterocycles. The summed E-state index contributed by atoms with van der Waals surface area (Å²) >= 11 is 0. The zero-order valence-corrected chi connectivity index (χ0v) is 10.1. The monoisotopic (exact) mass is 244 g/mol. The predicted octanol–water partition coefficient (Wildman–Crippen LogP) is 1.07. The molecule has 0 radical (unpaired) electrons. The molecule has 0 saturated carbocycles. The van der Waals surface area contributed by atoms with Gasteiger partial charge in [-0.05, 0) is 30.4 Å². The summed E-state index contributed by atoms with van der Waals surface area (Å²) in [6.07, 6.45) is 3.11. The van der Waals surface area contributed by atoms with Gasteiger partial charge >= 0.3 is 0 Å². The smallest absolute Gasteiger partial charge is 0.243 e. The van der Waals surface area contributed by atoms with Crippen LogP contribution in [0.4, 0.5) is 0 Å². The molecule has 1 saturated heterocycles. The summed E-state index contributed by atoms with van der Waals surface area (Å²) in [4.78, 5) is 22.8. The van der Waals surface area contributed by atoms with Gasteiger partial charge in [0.15, 0.2) is 0 Å². The number of hydrogen-bond acceptors (Lipinski definition) is 3. The second-order valence-electron chi connectivity index (χ2n) is 4.96. The van der Waals surface area contributed by atoms with E-state index in [1.807, 2.05) is 12.1 Å². The third kappa shape index (κ3) is 2.04. The number of piperidine rings is 1. The number of carbonyl (C=O) groups excluding carboxylic acids is 2. The quantitative estimate of drug-likeness (QED) is 0.765. The number of aryl methyl sites for hydroxylation is 1. The van der Waals surface area contributed by atoms with E-state index in [2.05, 4.69) is 22.8 Å². The second-order valence-corrected chi connectivity index (χ2v) is 4.96. The summed E-state index contributed by atoms with van der Waals surface area (Å²) in [5, 5.41) is 5.77. The van der Waals surface area contributed by atoms with Crippen molar-refractivity contribution in [1.82, 2.24) is 10.6 Å². The maximum atomic E-state index is 11.7. The lowest BCUT2D eigenvalue weighted by Crippen LogP contribution is -2.51. The number of amides is 2. The van der Waals surface area contributed by atoms with E-state index in [0.717, 1.165) is 12.8 Å². The minimum Gasteiger partial charge on any atom is -0.299 e. The van der Waals surface area contributed by atoms with E-state index in [9.17, 15) is 9.59 Å². The van der Waals surface area contributed by atoms with Crippen LogP contribution in [0.1, 0.15) is 36.4 Å². The first-order valence-corrected chi connectivity index (χ1v) is 6.41. The van der Waals surface area contributed by atoms with Gasteiger partial charge < -0.3 is 0 Å². The van der Waals surface area contributed by atoms with E-state index >= 15 is 0 Å². The maximum absolute atomic E-state index is 11.7. The summed E-state index contributed by atoms with van der Waals surface area (Å²) in [5.74, 6) is -0.347. The van der Waals surface area contributed by atoms with Crippen LogP contribution in [0.2, 0.25) is 0 Å². The third-order valence-electron chi connectivity index (χ3n) is 3.77. The Morgan fingerprint density at radius 2 is 1.83 bits per heavy atom. The molecular formula is C14H16N2O2. The number of imide groups is 1. The van der Waals surface area contributed by atoms with Crippen LogP contribution in [0.5, 0.6) is 0 Å². The molecule has 1 fully saturated rings. The Balaban J connectivity index is 1.71. The molecule has 2 atom stereocenters. The van der Waals surface area contributed by atoms with Gasteiger partial charge in [0.2, 0.25) is 11.8 Å². The second kappa shape index (κ2) is 4.53. The molecule has 1 aromatic rings. The summed E-state index contributed by atoms with van der Waals surface area (Å²) in [6, 6.07) is 8.34. The van der Waals surface area contributed by atoms with Gasteiger partial charge in [-0.2, -0.15) is 0 Å². The number of hydrogen-bond donors (Lipinski definition) is 2. The average Bonchev–Trinajstić information content (AvgIpc) is 2.76. The molecule has 2 unspecified atom stereocenters.